The molecule has 2 heteroatoms. The van der Waals surface area contributed by atoms with E-state index in [9.17, 15) is 5.11 Å². The number of hydrogen-bond donors (Lipinski definition) is 1. The zero-order valence-corrected chi connectivity index (χ0v) is 10.6. The Morgan fingerprint density at radius 1 is 1.20 bits per heavy atom. The molecule has 0 aromatic carbocycles. The van der Waals surface area contributed by atoms with Crippen molar-refractivity contribution in [1.82, 2.24) is 0 Å². The van der Waals surface area contributed by atoms with Crippen molar-refractivity contribution in [3.8, 4) is 0 Å². The highest BCUT2D eigenvalue weighted by atomic mass is 16.5. The Morgan fingerprint density at radius 2 is 1.80 bits per heavy atom. The second kappa shape index (κ2) is 3.21. The fraction of sp³-hybridized carbons (Fsp3) is 1.00. The number of ether oxygens (including phenoxy) is 1. The van der Waals surface area contributed by atoms with Crippen molar-refractivity contribution in [1.29, 1.82) is 0 Å². The van der Waals surface area contributed by atoms with E-state index in [1.807, 2.05) is 13.8 Å². The SMILES string of the molecule is CC(C)O[C@]1(C)C[C@H]2[C@@H](CC1O)C2(C)C. The van der Waals surface area contributed by atoms with Crippen LogP contribution in [0.4, 0.5) is 0 Å². The van der Waals surface area contributed by atoms with Crippen molar-refractivity contribution < 1.29 is 9.84 Å². The normalized spacial score (nSPS) is 47.8. The number of aliphatic hydroxyl groups excluding tert-OH is 1. The van der Waals surface area contributed by atoms with Crippen molar-refractivity contribution in [2.24, 2.45) is 17.3 Å². The van der Waals surface area contributed by atoms with Gasteiger partial charge in [0.15, 0.2) is 0 Å². The molecule has 0 radical (unpaired) electrons. The van der Waals surface area contributed by atoms with Crippen LogP contribution in [0.25, 0.3) is 0 Å². The molecule has 0 heterocycles. The van der Waals surface area contributed by atoms with Gasteiger partial charge in [0.1, 0.15) is 0 Å². The number of fused-ring (bicyclic) bond motifs is 1. The molecule has 1 unspecified atom stereocenters. The lowest BCUT2D eigenvalue weighted by Crippen LogP contribution is -2.46. The molecular weight excluding hydrogens is 188 g/mol. The zero-order valence-electron chi connectivity index (χ0n) is 10.6. The summed E-state index contributed by atoms with van der Waals surface area (Å²) in [7, 11) is 0. The minimum atomic E-state index is -0.316. The van der Waals surface area contributed by atoms with Gasteiger partial charge in [-0.05, 0) is 50.9 Å². The summed E-state index contributed by atoms with van der Waals surface area (Å²) in [5, 5.41) is 10.2. The second-order valence-corrected chi connectivity index (χ2v) is 6.47. The maximum atomic E-state index is 10.2. The molecule has 0 saturated heterocycles. The minimum absolute atomic E-state index is 0.197. The summed E-state index contributed by atoms with van der Waals surface area (Å²) in [6, 6.07) is 0. The van der Waals surface area contributed by atoms with Gasteiger partial charge in [0.25, 0.3) is 0 Å². The molecule has 4 atom stereocenters. The van der Waals surface area contributed by atoms with E-state index in [0.717, 1.165) is 24.7 Å². The monoisotopic (exact) mass is 212 g/mol. The predicted molar refractivity (Wildman–Crippen MR) is 60.6 cm³/mol. The van der Waals surface area contributed by atoms with E-state index in [4.69, 9.17) is 4.74 Å². The van der Waals surface area contributed by atoms with Crippen LogP contribution in [0, 0.1) is 17.3 Å². The van der Waals surface area contributed by atoms with Gasteiger partial charge in [-0.1, -0.05) is 13.8 Å². The molecule has 2 rings (SSSR count). The van der Waals surface area contributed by atoms with Crippen LogP contribution in [0.15, 0.2) is 0 Å². The van der Waals surface area contributed by atoms with Crippen molar-refractivity contribution in [3.63, 3.8) is 0 Å². The molecule has 2 nitrogen and oxygen atoms in total. The molecule has 2 fully saturated rings. The highest BCUT2D eigenvalue weighted by Gasteiger charge is 2.64. The summed E-state index contributed by atoms with van der Waals surface area (Å²) < 4.78 is 5.93. The predicted octanol–water partition coefficient (Wildman–Crippen LogP) is 2.60. The molecule has 0 spiro atoms. The molecule has 15 heavy (non-hydrogen) atoms. The topological polar surface area (TPSA) is 29.5 Å². The van der Waals surface area contributed by atoms with Crippen LogP contribution in [0.1, 0.15) is 47.5 Å². The second-order valence-electron chi connectivity index (χ2n) is 6.47. The molecular formula is C13H24O2. The lowest BCUT2D eigenvalue weighted by Gasteiger charge is -2.39. The van der Waals surface area contributed by atoms with Gasteiger partial charge >= 0.3 is 0 Å². The van der Waals surface area contributed by atoms with Crippen LogP contribution in [0.3, 0.4) is 0 Å². The lowest BCUT2D eigenvalue weighted by atomic mass is 9.83. The van der Waals surface area contributed by atoms with Crippen LogP contribution in [0.5, 0.6) is 0 Å². The van der Waals surface area contributed by atoms with E-state index in [0.29, 0.717) is 5.41 Å². The maximum Gasteiger partial charge on any atom is 0.0918 e. The van der Waals surface area contributed by atoms with Gasteiger partial charge in [0.05, 0.1) is 17.8 Å². The summed E-state index contributed by atoms with van der Waals surface area (Å²) in [6.45, 7) is 10.8. The van der Waals surface area contributed by atoms with E-state index in [1.54, 1.807) is 0 Å². The first-order valence-electron chi connectivity index (χ1n) is 6.13. The third-order valence-electron chi connectivity index (χ3n) is 4.60. The highest BCUT2D eigenvalue weighted by Crippen LogP contribution is 2.66. The number of aliphatic hydroxyl groups is 1. The summed E-state index contributed by atoms with van der Waals surface area (Å²) >= 11 is 0. The van der Waals surface area contributed by atoms with Gasteiger partial charge in [-0.25, -0.2) is 0 Å². The first kappa shape index (κ1) is 11.4. The summed E-state index contributed by atoms with van der Waals surface area (Å²) in [4.78, 5) is 0. The van der Waals surface area contributed by atoms with Gasteiger partial charge < -0.3 is 9.84 Å². The van der Waals surface area contributed by atoms with Crippen molar-refractivity contribution in [2.45, 2.75) is 65.3 Å². The summed E-state index contributed by atoms with van der Waals surface area (Å²) in [5.41, 5.74) is 0.113. The minimum Gasteiger partial charge on any atom is -0.390 e. The van der Waals surface area contributed by atoms with E-state index in [2.05, 4.69) is 20.8 Å². The molecule has 0 aliphatic heterocycles. The van der Waals surface area contributed by atoms with Crippen LogP contribution in [-0.4, -0.2) is 22.9 Å². The molecule has 88 valence electrons. The summed E-state index contributed by atoms with van der Waals surface area (Å²) in [6.07, 6.45) is 1.84. The van der Waals surface area contributed by atoms with Gasteiger partial charge in [0, 0.05) is 0 Å². The Labute approximate surface area is 93.0 Å². The summed E-state index contributed by atoms with van der Waals surface area (Å²) in [5.74, 6) is 1.47. The van der Waals surface area contributed by atoms with E-state index >= 15 is 0 Å². The smallest absolute Gasteiger partial charge is 0.0918 e. The largest absolute Gasteiger partial charge is 0.390 e. The first-order chi connectivity index (χ1) is 6.77. The zero-order chi connectivity index (χ0) is 11.4. The average Bonchev–Trinajstić information content (AvgIpc) is 2.53. The van der Waals surface area contributed by atoms with Gasteiger partial charge in [-0.15, -0.1) is 0 Å². The molecule has 2 aliphatic carbocycles. The molecule has 0 aromatic rings. The standard InChI is InChI=1S/C13H24O2/c1-8(2)15-13(5)7-10-9(6-11(13)14)12(10,3)4/h8-11,14H,6-7H2,1-5H3/t9-,10+,11?,13-/m1/s1. The Hall–Kier alpha value is -0.0800. The van der Waals surface area contributed by atoms with Crippen LogP contribution in [-0.2, 0) is 4.74 Å². The third kappa shape index (κ3) is 1.72. The van der Waals surface area contributed by atoms with E-state index < -0.39 is 0 Å². The molecule has 1 N–H and O–H groups in total. The van der Waals surface area contributed by atoms with Crippen molar-refractivity contribution >= 4 is 0 Å². The Bertz CT molecular complexity index is 259. The Balaban J connectivity index is 2.08. The van der Waals surface area contributed by atoms with E-state index in [-0.39, 0.29) is 17.8 Å². The van der Waals surface area contributed by atoms with Crippen molar-refractivity contribution in [3.05, 3.63) is 0 Å². The highest BCUT2D eigenvalue weighted by molar-refractivity contribution is 5.13. The van der Waals surface area contributed by atoms with E-state index in [1.165, 1.54) is 0 Å². The van der Waals surface area contributed by atoms with Crippen molar-refractivity contribution in [2.75, 3.05) is 0 Å². The van der Waals surface area contributed by atoms with Crippen LogP contribution in [0.2, 0.25) is 0 Å². The lowest BCUT2D eigenvalue weighted by molar-refractivity contribution is -0.155. The average molecular weight is 212 g/mol. The molecule has 0 aromatic heterocycles. The molecule has 2 aliphatic rings. The Kier molecular flexibility index (Phi) is 2.44. The van der Waals surface area contributed by atoms with Gasteiger partial charge in [-0.3, -0.25) is 0 Å². The third-order valence-corrected chi connectivity index (χ3v) is 4.60. The number of rotatable bonds is 2. The van der Waals surface area contributed by atoms with Gasteiger partial charge in [0.2, 0.25) is 0 Å². The molecule has 2 saturated carbocycles. The Morgan fingerprint density at radius 3 is 2.33 bits per heavy atom. The maximum absolute atomic E-state index is 10.2. The molecule has 0 amide bonds. The quantitative estimate of drug-likeness (QED) is 0.762. The fourth-order valence-corrected chi connectivity index (χ4v) is 3.46. The molecule has 0 bridgehead atoms. The van der Waals surface area contributed by atoms with Crippen LogP contribution >= 0.6 is 0 Å². The van der Waals surface area contributed by atoms with Crippen LogP contribution < -0.4 is 0 Å². The number of hydrogen-bond acceptors (Lipinski definition) is 2. The first-order valence-corrected chi connectivity index (χ1v) is 6.13. The fourth-order valence-electron chi connectivity index (χ4n) is 3.46. The van der Waals surface area contributed by atoms with Gasteiger partial charge in [-0.2, -0.15) is 0 Å².